The zero-order valence-electron chi connectivity index (χ0n) is 11.9. The molecule has 1 aromatic heterocycles. The minimum absolute atomic E-state index is 0.0224. The van der Waals surface area contributed by atoms with Crippen LogP contribution in [0.5, 0.6) is 0 Å². The van der Waals surface area contributed by atoms with Crippen LogP contribution in [0.3, 0.4) is 0 Å². The van der Waals surface area contributed by atoms with E-state index in [1.54, 1.807) is 11.0 Å². The molecule has 0 aliphatic heterocycles. The number of carbonyl (C=O) groups excluding carboxylic acids is 1. The number of nitrogens with zero attached hydrogens (tertiary/aromatic N) is 2. The van der Waals surface area contributed by atoms with Crippen LogP contribution < -0.4 is 0 Å². The fourth-order valence-corrected chi connectivity index (χ4v) is 1.91. The third-order valence-electron chi connectivity index (χ3n) is 3.20. The van der Waals surface area contributed by atoms with E-state index >= 15 is 0 Å². The van der Waals surface area contributed by atoms with E-state index < -0.39 is 0 Å². The van der Waals surface area contributed by atoms with Crippen molar-refractivity contribution in [3.05, 3.63) is 23.7 Å². The van der Waals surface area contributed by atoms with Gasteiger partial charge in [0.05, 0.1) is 6.54 Å². The standard InChI is InChI=1S/C14H24N2O2/c1-5-15(6-2)11-12-9-10-13(18-12)14(17)16(7-3)8-4/h9-10H,5-8,11H2,1-4H3. The Morgan fingerprint density at radius 2 is 1.67 bits per heavy atom. The number of hydrogen-bond donors (Lipinski definition) is 0. The second kappa shape index (κ2) is 7.21. The number of amides is 1. The van der Waals surface area contributed by atoms with Gasteiger partial charge in [-0.25, -0.2) is 0 Å². The van der Waals surface area contributed by atoms with Crippen LogP contribution in [-0.2, 0) is 6.54 Å². The summed E-state index contributed by atoms with van der Waals surface area (Å²) in [7, 11) is 0. The lowest BCUT2D eigenvalue weighted by Crippen LogP contribution is -2.30. The molecule has 0 fully saturated rings. The SMILES string of the molecule is CCN(CC)Cc1ccc(C(=O)N(CC)CC)o1. The van der Waals surface area contributed by atoms with E-state index in [2.05, 4.69) is 18.7 Å². The lowest BCUT2D eigenvalue weighted by Gasteiger charge is -2.17. The van der Waals surface area contributed by atoms with Gasteiger partial charge in [-0.15, -0.1) is 0 Å². The third kappa shape index (κ3) is 3.60. The molecule has 0 spiro atoms. The quantitative estimate of drug-likeness (QED) is 0.748. The normalized spacial score (nSPS) is 10.9. The first kappa shape index (κ1) is 14.8. The van der Waals surface area contributed by atoms with Gasteiger partial charge in [0.1, 0.15) is 5.76 Å². The van der Waals surface area contributed by atoms with E-state index in [9.17, 15) is 4.79 Å². The van der Waals surface area contributed by atoms with Gasteiger partial charge in [0, 0.05) is 13.1 Å². The summed E-state index contributed by atoms with van der Waals surface area (Å²) in [6, 6.07) is 3.68. The summed E-state index contributed by atoms with van der Waals surface area (Å²) in [5, 5.41) is 0. The van der Waals surface area contributed by atoms with Crippen LogP contribution in [0.4, 0.5) is 0 Å². The molecule has 0 aromatic carbocycles. The van der Waals surface area contributed by atoms with Crippen molar-refractivity contribution in [1.29, 1.82) is 0 Å². The van der Waals surface area contributed by atoms with Crippen molar-refractivity contribution in [3.8, 4) is 0 Å². The molecule has 1 rings (SSSR count). The van der Waals surface area contributed by atoms with Crippen molar-refractivity contribution in [2.24, 2.45) is 0 Å². The summed E-state index contributed by atoms with van der Waals surface area (Å²) in [5.41, 5.74) is 0. The zero-order chi connectivity index (χ0) is 13.5. The molecule has 0 saturated carbocycles. The Balaban J connectivity index is 2.70. The van der Waals surface area contributed by atoms with Crippen molar-refractivity contribution in [3.63, 3.8) is 0 Å². The largest absolute Gasteiger partial charge is 0.455 e. The molecule has 0 atom stereocenters. The number of carbonyl (C=O) groups is 1. The summed E-state index contributed by atoms with van der Waals surface area (Å²) in [6.07, 6.45) is 0. The van der Waals surface area contributed by atoms with Crippen LogP contribution in [0.2, 0.25) is 0 Å². The third-order valence-corrected chi connectivity index (χ3v) is 3.20. The second-order valence-electron chi connectivity index (χ2n) is 4.20. The highest BCUT2D eigenvalue weighted by Crippen LogP contribution is 2.12. The number of furan rings is 1. The summed E-state index contributed by atoms with van der Waals surface area (Å²) in [6.45, 7) is 12.3. The molecule has 0 saturated heterocycles. The highest BCUT2D eigenvalue weighted by atomic mass is 16.4. The molecule has 4 heteroatoms. The van der Waals surface area contributed by atoms with Gasteiger partial charge in [-0.1, -0.05) is 13.8 Å². The molecule has 102 valence electrons. The van der Waals surface area contributed by atoms with E-state index in [-0.39, 0.29) is 5.91 Å². The summed E-state index contributed by atoms with van der Waals surface area (Å²) >= 11 is 0. The first-order valence-electron chi connectivity index (χ1n) is 6.76. The molecule has 0 aliphatic carbocycles. The first-order chi connectivity index (χ1) is 8.65. The average molecular weight is 252 g/mol. The van der Waals surface area contributed by atoms with Gasteiger partial charge in [-0.2, -0.15) is 0 Å². The lowest BCUT2D eigenvalue weighted by atomic mass is 10.3. The van der Waals surface area contributed by atoms with Crippen molar-refractivity contribution in [1.82, 2.24) is 9.80 Å². The molecule has 0 aliphatic rings. The average Bonchev–Trinajstić information content (AvgIpc) is 2.85. The molecular weight excluding hydrogens is 228 g/mol. The molecule has 0 N–H and O–H groups in total. The predicted molar refractivity (Wildman–Crippen MR) is 72.6 cm³/mol. The monoisotopic (exact) mass is 252 g/mol. The van der Waals surface area contributed by atoms with Crippen LogP contribution in [0.15, 0.2) is 16.5 Å². The second-order valence-corrected chi connectivity index (χ2v) is 4.20. The van der Waals surface area contributed by atoms with Gasteiger partial charge in [-0.05, 0) is 39.1 Å². The van der Waals surface area contributed by atoms with E-state index in [0.29, 0.717) is 18.8 Å². The molecule has 1 aromatic rings. The maximum Gasteiger partial charge on any atom is 0.289 e. The fourth-order valence-electron chi connectivity index (χ4n) is 1.91. The number of hydrogen-bond acceptors (Lipinski definition) is 3. The zero-order valence-corrected chi connectivity index (χ0v) is 11.9. The predicted octanol–water partition coefficient (Wildman–Crippen LogP) is 2.60. The highest BCUT2D eigenvalue weighted by Gasteiger charge is 2.17. The summed E-state index contributed by atoms with van der Waals surface area (Å²) in [5.74, 6) is 1.28. The maximum absolute atomic E-state index is 12.1. The molecule has 0 unspecified atom stereocenters. The van der Waals surface area contributed by atoms with Crippen LogP contribution in [-0.4, -0.2) is 41.9 Å². The Kier molecular flexibility index (Phi) is 5.92. The Hall–Kier alpha value is -1.29. The highest BCUT2D eigenvalue weighted by molar-refractivity contribution is 5.91. The Labute approximate surface area is 110 Å². The van der Waals surface area contributed by atoms with Gasteiger partial charge in [-0.3, -0.25) is 9.69 Å². The van der Waals surface area contributed by atoms with Crippen molar-refractivity contribution < 1.29 is 9.21 Å². The Bertz CT molecular complexity index is 366. The van der Waals surface area contributed by atoms with Crippen LogP contribution in [0.1, 0.15) is 44.0 Å². The molecule has 1 amide bonds. The van der Waals surface area contributed by atoms with Crippen LogP contribution in [0, 0.1) is 0 Å². The molecule has 0 radical (unpaired) electrons. The topological polar surface area (TPSA) is 36.7 Å². The van der Waals surface area contributed by atoms with Crippen molar-refractivity contribution in [2.75, 3.05) is 26.2 Å². The summed E-state index contributed by atoms with van der Waals surface area (Å²) < 4.78 is 5.63. The smallest absolute Gasteiger partial charge is 0.289 e. The minimum atomic E-state index is -0.0224. The summed E-state index contributed by atoms with van der Waals surface area (Å²) in [4.78, 5) is 16.1. The number of rotatable bonds is 7. The van der Waals surface area contributed by atoms with Gasteiger partial charge in [0.2, 0.25) is 0 Å². The van der Waals surface area contributed by atoms with E-state index in [4.69, 9.17) is 4.42 Å². The van der Waals surface area contributed by atoms with Crippen LogP contribution >= 0.6 is 0 Å². The van der Waals surface area contributed by atoms with Crippen LogP contribution in [0.25, 0.3) is 0 Å². The molecule has 1 heterocycles. The first-order valence-corrected chi connectivity index (χ1v) is 6.76. The lowest BCUT2D eigenvalue weighted by molar-refractivity contribution is 0.0737. The molecular formula is C14H24N2O2. The Morgan fingerprint density at radius 1 is 1.06 bits per heavy atom. The minimum Gasteiger partial charge on any atom is -0.455 e. The molecule has 0 bridgehead atoms. The maximum atomic E-state index is 12.1. The Morgan fingerprint density at radius 3 is 2.17 bits per heavy atom. The van der Waals surface area contributed by atoms with Gasteiger partial charge >= 0.3 is 0 Å². The van der Waals surface area contributed by atoms with Crippen molar-refractivity contribution in [2.45, 2.75) is 34.2 Å². The van der Waals surface area contributed by atoms with Gasteiger partial charge in [0.15, 0.2) is 5.76 Å². The van der Waals surface area contributed by atoms with Gasteiger partial charge < -0.3 is 9.32 Å². The van der Waals surface area contributed by atoms with E-state index in [1.165, 1.54) is 0 Å². The van der Waals surface area contributed by atoms with E-state index in [1.807, 2.05) is 19.9 Å². The molecule has 4 nitrogen and oxygen atoms in total. The fraction of sp³-hybridized carbons (Fsp3) is 0.643. The van der Waals surface area contributed by atoms with Crippen molar-refractivity contribution >= 4 is 5.91 Å². The van der Waals surface area contributed by atoms with Gasteiger partial charge in [0.25, 0.3) is 5.91 Å². The molecule has 18 heavy (non-hydrogen) atoms. The van der Waals surface area contributed by atoms with E-state index in [0.717, 1.165) is 25.4 Å².